The van der Waals surface area contributed by atoms with Crippen LogP contribution >= 0.6 is 23.1 Å². The van der Waals surface area contributed by atoms with Gasteiger partial charge in [-0.1, -0.05) is 48.2 Å². The Balaban J connectivity index is 1.89. The van der Waals surface area contributed by atoms with E-state index in [1.807, 2.05) is 0 Å². The summed E-state index contributed by atoms with van der Waals surface area (Å²) in [4.78, 5) is 6.24. The molecule has 0 unspecified atom stereocenters. The second-order valence-electron chi connectivity index (χ2n) is 6.49. The first-order chi connectivity index (χ1) is 14.3. The number of rotatable bonds is 5. The van der Waals surface area contributed by atoms with Crippen LogP contribution in [0.5, 0.6) is 0 Å². The number of sulfone groups is 1. The molecule has 0 N–H and O–H groups in total. The van der Waals surface area contributed by atoms with Crippen molar-refractivity contribution >= 4 is 32.9 Å². The van der Waals surface area contributed by atoms with Gasteiger partial charge in [0, 0.05) is 16.7 Å². The predicted molar refractivity (Wildman–Crippen MR) is 117 cm³/mol. The van der Waals surface area contributed by atoms with Crippen molar-refractivity contribution in [1.82, 2.24) is 4.98 Å². The first-order valence-corrected chi connectivity index (χ1v) is 12.3. The second-order valence-corrected chi connectivity index (χ2v) is 10.8. The van der Waals surface area contributed by atoms with E-state index in [0.717, 1.165) is 11.8 Å². The lowest BCUT2D eigenvalue weighted by Gasteiger charge is -2.08. The molecule has 0 amide bonds. The lowest BCUT2D eigenvalue weighted by molar-refractivity contribution is 0.602. The van der Waals surface area contributed by atoms with Crippen LogP contribution in [0.1, 0.15) is 0 Å². The molecule has 0 fully saturated rings. The molecule has 30 heavy (non-hydrogen) atoms. The zero-order valence-corrected chi connectivity index (χ0v) is 18.1. The number of halogens is 2. The monoisotopic (exact) mass is 459 g/mol. The van der Waals surface area contributed by atoms with Crippen LogP contribution in [0.3, 0.4) is 0 Å². The van der Waals surface area contributed by atoms with Gasteiger partial charge < -0.3 is 0 Å². The molecule has 0 bridgehead atoms. The molecule has 0 aliphatic rings. The smallest absolute Gasteiger partial charge is 0.176 e. The molecule has 0 aliphatic heterocycles. The van der Waals surface area contributed by atoms with Crippen molar-refractivity contribution in [3.63, 3.8) is 0 Å². The molecular weight excluding hydrogens is 444 g/mol. The Morgan fingerprint density at radius 2 is 1.63 bits per heavy atom. The molecule has 0 atom stereocenters. The average Bonchev–Trinajstić information content (AvgIpc) is 3.11. The molecule has 4 rings (SSSR count). The van der Waals surface area contributed by atoms with Crippen LogP contribution < -0.4 is 0 Å². The first kappa shape index (κ1) is 20.7. The van der Waals surface area contributed by atoms with Crippen molar-refractivity contribution in [2.75, 3.05) is 6.26 Å². The molecule has 1 heterocycles. The SMILES string of the molecule is CS(=O)(=O)c1ccccc1-c1nc(Sc2cccc(F)c2)sc1-c1ccc(F)cc1. The Kier molecular flexibility index (Phi) is 5.73. The van der Waals surface area contributed by atoms with Crippen molar-refractivity contribution in [3.8, 4) is 21.7 Å². The number of thiazole rings is 1. The summed E-state index contributed by atoms with van der Waals surface area (Å²) in [5, 5.41) is 0. The normalized spacial score (nSPS) is 11.6. The average molecular weight is 460 g/mol. The van der Waals surface area contributed by atoms with Gasteiger partial charge in [-0.05, 0) is 42.0 Å². The van der Waals surface area contributed by atoms with Crippen LogP contribution in [0.25, 0.3) is 21.7 Å². The van der Waals surface area contributed by atoms with Crippen LogP contribution in [0.2, 0.25) is 0 Å². The highest BCUT2D eigenvalue weighted by Gasteiger charge is 2.21. The topological polar surface area (TPSA) is 47.0 Å². The van der Waals surface area contributed by atoms with E-state index < -0.39 is 9.84 Å². The van der Waals surface area contributed by atoms with Crippen molar-refractivity contribution in [2.24, 2.45) is 0 Å². The summed E-state index contributed by atoms with van der Waals surface area (Å²) < 4.78 is 52.3. The van der Waals surface area contributed by atoms with Gasteiger partial charge in [0.1, 0.15) is 11.6 Å². The molecule has 0 saturated carbocycles. The van der Waals surface area contributed by atoms with Crippen LogP contribution in [0.15, 0.2) is 86.9 Å². The van der Waals surface area contributed by atoms with Crippen LogP contribution in [-0.4, -0.2) is 19.7 Å². The Hall–Kier alpha value is -2.55. The van der Waals surface area contributed by atoms with E-state index in [9.17, 15) is 17.2 Å². The van der Waals surface area contributed by atoms with Crippen molar-refractivity contribution in [1.29, 1.82) is 0 Å². The molecule has 0 saturated heterocycles. The molecule has 1 aromatic heterocycles. The molecule has 3 aromatic carbocycles. The predicted octanol–water partition coefficient (Wildman–Crippen LogP) is 6.31. The lowest BCUT2D eigenvalue weighted by Crippen LogP contribution is -2.00. The largest absolute Gasteiger partial charge is 0.229 e. The van der Waals surface area contributed by atoms with Gasteiger partial charge in [-0.3, -0.25) is 0 Å². The quantitative estimate of drug-likeness (QED) is 0.351. The molecule has 4 aromatic rings. The van der Waals surface area contributed by atoms with Crippen molar-refractivity contribution < 1.29 is 17.2 Å². The van der Waals surface area contributed by atoms with E-state index >= 15 is 0 Å². The third-order valence-electron chi connectivity index (χ3n) is 4.26. The number of hydrogen-bond donors (Lipinski definition) is 0. The Morgan fingerprint density at radius 1 is 0.900 bits per heavy atom. The zero-order valence-electron chi connectivity index (χ0n) is 15.7. The number of benzene rings is 3. The van der Waals surface area contributed by atoms with Gasteiger partial charge in [-0.15, -0.1) is 11.3 Å². The third kappa shape index (κ3) is 4.45. The summed E-state index contributed by atoms with van der Waals surface area (Å²) in [6.07, 6.45) is 1.15. The molecule has 0 aliphatic carbocycles. The van der Waals surface area contributed by atoms with Gasteiger partial charge in [0.05, 0.1) is 15.5 Å². The second kappa shape index (κ2) is 8.29. The molecule has 0 spiro atoms. The van der Waals surface area contributed by atoms with Gasteiger partial charge in [-0.2, -0.15) is 0 Å². The highest BCUT2D eigenvalue weighted by atomic mass is 32.2. The van der Waals surface area contributed by atoms with Crippen LogP contribution in [-0.2, 0) is 9.84 Å². The molecule has 0 radical (unpaired) electrons. The fourth-order valence-corrected chi connectivity index (χ4v) is 6.01. The Morgan fingerprint density at radius 3 is 2.33 bits per heavy atom. The van der Waals surface area contributed by atoms with E-state index in [0.29, 0.717) is 25.4 Å². The van der Waals surface area contributed by atoms with Gasteiger partial charge in [0.2, 0.25) is 0 Å². The van der Waals surface area contributed by atoms with E-state index in [1.165, 1.54) is 53.4 Å². The summed E-state index contributed by atoms with van der Waals surface area (Å²) >= 11 is 2.63. The van der Waals surface area contributed by atoms with E-state index in [-0.39, 0.29) is 16.5 Å². The fourth-order valence-electron chi connectivity index (χ4n) is 2.94. The Labute approximate surface area is 181 Å². The van der Waals surface area contributed by atoms with Gasteiger partial charge in [-0.25, -0.2) is 22.2 Å². The minimum absolute atomic E-state index is 0.168. The summed E-state index contributed by atoms with van der Waals surface area (Å²) in [5.74, 6) is -0.714. The van der Waals surface area contributed by atoms with Crippen LogP contribution in [0, 0.1) is 11.6 Å². The van der Waals surface area contributed by atoms with Crippen molar-refractivity contribution in [2.45, 2.75) is 14.1 Å². The molecule has 3 nitrogen and oxygen atoms in total. The third-order valence-corrected chi connectivity index (χ3v) is 7.57. The molecular formula is C22H15F2NO2S3. The Bertz CT molecular complexity index is 1320. The number of aromatic nitrogens is 1. The maximum absolute atomic E-state index is 13.6. The lowest BCUT2D eigenvalue weighted by atomic mass is 10.1. The van der Waals surface area contributed by atoms with Gasteiger partial charge >= 0.3 is 0 Å². The number of hydrogen-bond acceptors (Lipinski definition) is 5. The van der Waals surface area contributed by atoms with E-state index in [1.54, 1.807) is 42.5 Å². The summed E-state index contributed by atoms with van der Waals surface area (Å²) in [7, 11) is -3.49. The molecule has 152 valence electrons. The van der Waals surface area contributed by atoms with Crippen LogP contribution in [0.4, 0.5) is 8.78 Å². The van der Waals surface area contributed by atoms with Gasteiger partial charge in [0.25, 0.3) is 0 Å². The maximum atomic E-state index is 13.6. The highest BCUT2D eigenvalue weighted by Crippen LogP contribution is 2.43. The van der Waals surface area contributed by atoms with E-state index in [2.05, 4.69) is 4.98 Å². The number of nitrogens with zero attached hydrogens (tertiary/aromatic N) is 1. The molecule has 8 heteroatoms. The van der Waals surface area contributed by atoms with Gasteiger partial charge in [0.15, 0.2) is 14.2 Å². The minimum atomic E-state index is -3.49. The fraction of sp³-hybridized carbons (Fsp3) is 0.0455. The zero-order chi connectivity index (χ0) is 21.3. The summed E-state index contributed by atoms with van der Waals surface area (Å²) in [5.41, 5.74) is 1.69. The standard InChI is InChI=1S/C22H15F2NO2S3/c1-30(26,27)19-8-3-2-7-18(19)20-21(14-9-11-15(23)12-10-14)29-22(25-20)28-17-6-4-5-16(24)13-17/h2-13H,1H3. The van der Waals surface area contributed by atoms with E-state index in [4.69, 9.17) is 0 Å². The van der Waals surface area contributed by atoms with Crippen molar-refractivity contribution in [3.05, 3.63) is 84.4 Å². The maximum Gasteiger partial charge on any atom is 0.176 e. The minimum Gasteiger partial charge on any atom is -0.229 e. The highest BCUT2D eigenvalue weighted by molar-refractivity contribution is 8.01. The summed E-state index contributed by atoms with van der Waals surface area (Å²) in [6.45, 7) is 0. The first-order valence-electron chi connectivity index (χ1n) is 8.81. The summed E-state index contributed by atoms with van der Waals surface area (Å²) in [6, 6.07) is 18.8.